The Morgan fingerprint density at radius 3 is 2.43 bits per heavy atom. The lowest BCUT2D eigenvalue weighted by Crippen LogP contribution is -2.37. The summed E-state index contributed by atoms with van der Waals surface area (Å²) in [6.07, 6.45) is 10.3. The molecule has 0 aliphatic heterocycles. The molecule has 2 rings (SSSR count). The van der Waals surface area contributed by atoms with Crippen LogP contribution in [0.1, 0.15) is 58.8 Å². The Kier molecular flexibility index (Phi) is 3.16. The van der Waals surface area contributed by atoms with Gasteiger partial charge in [-0.3, -0.25) is 0 Å². The standard InChI is InChI=1S/C13H25N/c1-3-14-12(13(2)8-9-13)10-11-6-4-5-7-11/h11-12,14H,3-10H2,1-2H3. The van der Waals surface area contributed by atoms with Gasteiger partial charge in [0.2, 0.25) is 0 Å². The van der Waals surface area contributed by atoms with Crippen molar-refractivity contribution in [3.63, 3.8) is 0 Å². The molecule has 0 aromatic heterocycles. The highest BCUT2D eigenvalue weighted by Gasteiger charge is 2.44. The minimum absolute atomic E-state index is 0.665. The maximum Gasteiger partial charge on any atom is 0.0123 e. The predicted octanol–water partition coefficient (Wildman–Crippen LogP) is 3.34. The van der Waals surface area contributed by atoms with Gasteiger partial charge in [-0.2, -0.15) is 0 Å². The second kappa shape index (κ2) is 4.22. The van der Waals surface area contributed by atoms with Crippen LogP contribution in [-0.2, 0) is 0 Å². The molecule has 1 heteroatoms. The Morgan fingerprint density at radius 2 is 1.93 bits per heavy atom. The van der Waals surface area contributed by atoms with Crippen LogP contribution in [0.15, 0.2) is 0 Å². The average molecular weight is 195 g/mol. The van der Waals surface area contributed by atoms with E-state index in [-0.39, 0.29) is 0 Å². The van der Waals surface area contributed by atoms with Gasteiger partial charge in [-0.05, 0) is 37.1 Å². The molecule has 2 aliphatic carbocycles. The van der Waals surface area contributed by atoms with E-state index in [0.29, 0.717) is 5.41 Å². The molecule has 1 N–H and O–H groups in total. The van der Waals surface area contributed by atoms with E-state index >= 15 is 0 Å². The molecule has 1 nitrogen and oxygen atoms in total. The third-order valence-corrected chi connectivity index (χ3v) is 4.37. The highest BCUT2D eigenvalue weighted by molar-refractivity contribution is 4.99. The van der Waals surface area contributed by atoms with Crippen molar-refractivity contribution in [3.8, 4) is 0 Å². The summed E-state index contributed by atoms with van der Waals surface area (Å²) in [5, 5.41) is 3.71. The monoisotopic (exact) mass is 195 g/mol. The van der Waals surface area contributed by atoms with Crippen molar-refractivity contribution in [2.75, 3.05) is 6.54 Å². The van der Waals surface area contributed by atoms with E-state index in [0.717, 1.165) is 18.5 Å². The maximum absolute atomic E-state index is 3.71. The maximum atomic E-state index is 3.71. The van der Waals surface area contributed by atoms with Gasteiger partial charge in [-0.15, -0.1) is 0 Å². The molecule has 1 unspecified atom stereocenters. The van der Waals surface area contributed by atoms with Gasteiger partial charge < -0.3 is 5.32 Å². The highest BCUT2D eigenvalue weighted by atomic mass is 14.9. The molecule has 2 aliphatic rings. The van der Waals surface area contributed by atoms with Gasteiger partial charge in [0.15, 0.2) is 0 Å². The van der Waals surface area contributed by atoms with E-state index in [2.05, 4.69) is 19.2 Å². The molecule has 14 heavy (non-hydrogen) atoms. The normalized spacial score (nSPS) is 27.9. The summed E-state index contributed by atoms with van der Waals surface area (Å²) in [4.78, 5) is 0. The number of hydrogen-bond donors (Lipinski definition) is 1. The molecule has 0 spiro atoms. The van der Waals surface area contributed by atoms with Crippen LogP contribution in [0.25, 0.3) is 0 Å². The Morgan fingerprint density at radius 1 is 1.29 bits per heavy atom. The number of nitrogens with one attached hydrogen (secondary N) is 1. The number of rotatable bonds is 5. The lowest BCUT2D eigenvalue weighted by molar-refractivity contribution is 0.294. The quantitative estimate of drug-likeness (QED) is 0.709. The zero-order valence-corrected chi connectivity index (χ0v) is 9.81. The molecule has 2 fully saturated rings. The van der Waals surface area contributed by atoms with Crippen molar-refractivity contribution >= 4 is 0 Å². The van der Waals surface area contributed by atoms with E-state index in [1.807, 2.05) is 0 Å². The Labute approximate surface area is 88.7 Å². The van der Waals surface area contributed by atoms with Crippen LogP contribution < -0.4 is 5.32 Å². The van der Waals surface area contributed by atoms with Gasteiger partial charge in [-0.25, -0.2) is 0 Å². The summed E-state index contributed by atoms with van der Waals surface area (Å²) in [6, 6.07) is 0.815. The molecular weight excluding hydrogens is 170 g/mol. The van der Waals surface area contributed by atoms with Gasteiger partial charge in [0, 0.05) is 6.04 Å². The zero-order chi connectivity index (χ0) is 10.0. The van der Waals surface area contributed by atoms with E-state index in [1.165, 1.54) is 44.9 Å². The fourth-order valence-electron chi connectivity index (χ4n) is 2.99. The first kappa shape index (κ1) is 10.5. The second-order valence-electron chi connectivity index (χ2n) is 5.65. The predicted molar refractivity (Wildman–Crippen MR) is 61.4 cm³/mol. The van der Waals surface area contributed by atoms with Crippen molar-refractivity contribution in [2.24, 2.45) is 11.3 Å². The van der Waals surface area contributed by atoms with Gasteiger partial charge in [-0.1, -0.05) is 39.5 Å². The van der Waals surface area contributed by atoms with Gasteiger partial charge in [0.25, 0.3) is 0 Å². The highest BCUT2D eigenvalue weighted by Crippen LogP contribution is 2.50. The topological polar surface area (TPSA) is 12.0 Å². The summed E-state index contributed by atoms with van der Waals surface area (Å²) in [5.74, 6) is 1.04. The van der Waals surface area contributed by atoms with Crippen molar-refractivity contribution in [1.82, 2.24) is 5.32 Å². The fraction of sp³-hybridized carbons (Fsp3) is 1.00. The number of hydrogen-bond acceptors (Lipinski definition) is 1. The van der Waals surface area contributed by atoms with Crippen LogP contribution in [-0.4, -0.2) is 12.6 Å². The van der Waals surface area contributed by atoms with Gasteiger partial charge >= 0.3 is 0 Å². The molecule has 2 saturated carbocycles. The molecule has 0 bridgehead atoms. The van der Waals surface area contributed by atoms with Crippen molar-refractivity contribution in [3.05, 3.63) is 0 Å². The van der Waals surface area contributed by atoms with Crippen LogP contribution in [0.2, 0.25) is 0 Å². The smallest absolute Gasteiger partial charge is 0.0123 e. The second-order valence-corrected chi connectivity index (χ2v) is 5.65. The van der Waals surface area contributed by atoms with Crippen LogP contribution in [0.3, 0.4) is 0 Å². The van der Waals surface area contributed by atoms with E-state index in [1.54, 1.807) is 0 Å². The van der Waals surface area contributed by atoms with Crippen LogP contribution in [0.4, 0.5) is 0 Å². The Hall–Kier alpha value is -0.0400. The Balaban J connectivity index is 1.83. The van der Waals surface area contributed by atoms with Crippen molar-refractivity contribution in [2.45, 2.75) is 64.8 Å². The van der Waals surface area contributed by atoms with E-state index < -0.39 is 0 Å². The molecule has 0 radical (unpaired) electrons. The largest absolute Gasteiger partial charge is 0.314 e. The SMILES string of the molecule is CCNC(CC1CCCC1)C1(C)CC1. The van der Waals surface area contributed by atoms with Crippen LogP contribution >= 0.6 is 0 Å². The first-order chi connectivity index (χ1) is 6.74. The third-order valence-electron chi connectivity index (χ3n) is 4.37. The molecule has 0 aromatic carbocycles. The van der Waals surface area contributed by atoms with E-state index in [9.17, 15) is 0 Å². The minimum atomic E-state index is 0.665. The summed E-state index contributed by atoms with van der Waals surface area (Å²) in [6.45, 7) is 5.86. The first-order valence-corrected chi connectivity index (χ1v) is 6.48. The minimum Gasteiger partial charge on any atom is -0.314 e. The first-order valence-electron chi connectivity index (χ1n) is 6.48. The molecule has 0 heterocycles. The van der Waals surface area contributed by atoms with E-state index in [4.69, 9.17) is 0 Å². The zero-order valence-electron chi connectivity index (χ0n) is 9.81. The van der Waals surface area contributed by atoms with Crippen LogP contribution in [0.5, 0.6) is 0 Å². The lowest BCUT2D eigenvalue weighted by Gasteiger charge is -2.27. The molecule has 0 aromatic rings. The molecule has 0 amide bonds. The summed E-state index contributed by atoms with van der Waals surface area (Å²) < 4.78 is 0. The fourth-order valence-corrected chi connectivity index (χ4v) is 2.99. The molecular formula is C13H25N. The summed E-state index contributed by atoms with van der Waals surface area (Å²) in [5.41, 5.74) is 0.665. The van der Waals surface area contributed by atoms with Gasteiger partial charge in [0.1, 0.15) is 0 Å². The molecule has 0 saturated heterocycles. The average Bonchev–Trinajstić information content (AvgIpc) is 2.73. The summed E-state index contributed by atoms with van der Waals surface area (Å²) >= 11 is 0. The molecule has 1 atom stereocenters. The Bertz CT molecular complexity index is 178. The summed E-state index contributed by atoms with van der Waals surface area (Å²) in [7, 11) is 0. The van der Waals surface area contributed by atoms with Crippen molar-refractivity contribution in [1.29, 1.82) is 0 Å². The lowest BCUT2D eigenvalue weighted by atomic mass is 9.88. The molecule has 82 valence electrons. The third kappa shape index (κ3) is 2.31. The van der Waals surface area contributed by atoms with Crippen molar-refractivity contribution < 1.29 is 0 Å². The van der Waals surface area contributed by atoms with Gasteiger partial charge in [0.05, 0.1) is 0 Å². The van der Waals surface area contributed by atoms with Crippen LogP contribution in [0, 0.1) is 11.3 Å².